The molecule has 0 unspecified atom stereocenters. The number of carbonyl (C=O) groups is 2. The van der Waals surface area contributed by atoms with Crippen molar-refractivity contribution in [2.75, 3.05) is 11.1 Å². The molecule has 0 bridgehead atoms. The fourth-order valence-corrected chi connectivity index (χ4v) is 4.16. The Morgan fingerprint density at radius 1 is 1.13 bits per heavy atom. The van der Waals surface area contributed by atoms with Gasteiger partial charge < -0.3 is 15.2 Å². The van der Waals surface area contributed by atoms with Gasteiger partial charge in [0.25, 0.3) is 5.91 Å². The molecule has 0 aliphatic rings. The number of amides is 2. The molecule has 0 saturated heterocycles. The first-order valence-electron chi connectivity index (χ1n) is 9.70. The SMILES string of the molecule is Cc1ccc(C(=O)N[C@@H](C)c2nnc(SCC(=O)Nc3ccc(Br)cc3C)n2C)cc1. The van der Waals surface area contributed by atoms with Crippen molar-refractivity contribution in [2.24, 2.45) is 7.05 Å². The summed E-state index contributed by atoms with van der Waals surface area (Å²) in [6, 6.07) is 12.7. The summed E-state index contributed by atoms with van der Waals surface area (Å²) in [6.07, 6.45) is 0. The van der Waals surface area contributed by atoms with E-state index in [2.05, 4.69) is 36.8 Å². The maximum absolute atomic E-state index is 12.5. The van der Waals surface area contributed by atoms with E-state index in [9.17, 15) is 9.59 Å². The van der Waals surface area contributed by atoms with Crippen LogP contribution in [0.15, 0.2) is 52.1 Å². The van der Waals surface area contributed by atoms with Gasteiger partial charge in [0.2, 0.25) is 5.91 Å². The van der Waals surface area contributed by atoms with Crippen LogP contribution in [0.25, 0.3) is 0 Å². The van der Waals surface area contributed by atoms with Crippen molar-refractivity contribution in [3.05, 3.63) is 69.5 Å². The van der Waals surface area contributed by atoms with Crippen LogP contribution in [0.5, 0.6) is 0 Å². The van der Waals surface area contributed by atoms with Crippen LogP contribution in [-0.2, 0) is 11.8 Å². The van der Waals surface area contributed by atoms with Crippen LogP contribution in [-0.4, -0.2) is 32.3 Å². The average molecular weight is 502 g/mol. The lowest BCUT2D eigenvalue weighted by Crippen LogP contribution is -2.28. The summed E-state index contributed by atoms with van der Waals surface area (Å²) in [4.78, 5) is 24.8. The van der Waals surface area contributed by atoms with Gasteiger partial charge in [-0.05, 0) is 56.7 Å². The normalized spacial score (nSPS) is 11.8. The summed E-state index contributed by atoms with van der Waals surface area (Å²) in [5.41, 5.74) is 3.44. The standard InChI is InChI=1S/C22H24BrN5O2S/c1-13-5-7-16(8-6-13)21(30)24-15(3)20-26-27-22(28(20)4)31-12-19(29)25-18-10-9-17(23)11-14(18)2/h5-11,15H,12H2,1-4H3,(H,24,30)(H,25,29)/t15-/m0/s1. The van der Waals surface area contributed by atoms with Crippen molar-refractivity contribution >= 4 is 45.2 Å². The Morgan fingerprint density at radius 2 is 1.84 bits per heavy atom. The number of anilines is 1. The van der Waals surface area contributed by atoms with Crippen LogP contribution in [0.4, 0.5) is 5.69 Å². The van der Waals surface area contributed by atoms with Crippen LogP contribution in [0.2, 0.25) is 0 Å². The number of thioether (sulfide) groups is 1. The van der Waals surface area contributed by atoms with Gasteiger partial charge in [0.1, 0.15) is 0 Å². The topological polar surface area (TPSA) is 88.9 Å². The summed E-state index contributed by atoms with van der Waals surface area (Å²) < 4.78 is 2.76. The first kappa shape index (κ1) is 23.0. The zero-order chi connectivity index (χ0) is 22.5. The molecule has 2 amide bonds. The Balaban J connectivity index is 1.58. The highest BCUT2D eigenvalue weighted by Crippen LogP contribution is 2.22. The lowest BCUT2D eigenvalue weighted by atomic mass is 10.1. The molecule has 0 aliphatic heterocycles. The number of nitrogens with zero attached hydrogens (tertiary/aromatic N) is 3. The minimum Gasteiger partial charge on any atom is -0.342 e. The van der Waals surface area contributed by atoms with E-state index in [0.29, 0.717) is 16.5 Å². The van der Waals surface area contributed by atoms with E-state index in [1.54, 1.807) is 16.7 Å². The van der Waals surface area contributed by atoms with Crippen LogP contribution in [0.3, 0.4) is 0 Å². The third-order valence-corrected chi connectivity index (χ3v) is 6.23. The molecular weight excluding hydrogens is 478 g/mol. The number of nitrogens with one attached hydrogen (secondary N) is 2. The monoisotopic (exact) mass is 501 g/mol. The molecule has 0 spiro atoms. The molecular formula is C22H24BrN5O2S. The fraction of sp³-hybridized carbons (Fsp3) is 0.273. The molecule has 0 aliphatic carbocycles. The molecule has 0 fully saturated rings. The quantitative estimate of drug-likeness (QED) is 0.467. The number of aromatic nitrogens is 3. The van der Waals surface area contributed by atoms with Crippen molar-refractivity contribution in [3.8, 4) is 0 Å². The van der Waals surface area contributed by atoms with Gasteiger partial charge in [-0.2, -0.15) is 0 Å². The molecule has 31 heavy (non-hydrogen) atoms. The summed E-state index contributed by atoms with van der Waals surface area (Å²) in [5, 5.41) is 14.8. The second kappa shape index (κ2) is 10.1. The summed E-state index contributed by atoms with van der Waals surface area (Å²) in [7, 11) is 1.82. The number of hydrogen-bond donors (Lipinski definition) is 2. The van der Waals surface area contributed by atoms with Gasteiger partial charge in [-0.15, -0.1) is 10.2 Å². The molecule has 1 atom stereocenters. The third kappa shape index (κ3) is 5.95. The molecule has 2 N–H and O–H groups in total. The van der Waals surface area contributed by atoms with Gasteiger partial charge in [0, 0.05) is 22.8 Å². The molecule has 9 heteroatoms. The van der Waals surface area contributed by atoms with Gasteiger partial charge in [0.15, 0.2) is 11.0 Å². The van der Waals surface area contributed by atoms with Crippen LogP contribution >= 0.6 is 27.7 Å². The lowest BCUT2D eigenvalue weighted by Gasteiger charge is -2.14. The van der Waals surface area contributed by atoms with Crippen LogP contribution < -0.4 is 10.6 Å². The molecule has 0 radical (unpaired) electrons. The van der Waals surface area contributed by atoms with Crippen LogP contribution in [0, 0.1) is 13.8 Å². The predicted molar refractivity (Wildman–Crippen MR) is 126 cm³/mol. The van der Waals surface area contributed by atoms with Gasteiger partial charge in [-0.3, -0.25) is 9.59 Å². The first-order chi connectivity index (χ1) is 14.7. The van der Waals surface area contributed by atoms with E-state index in [0.717, 1.165) is 21.3 Å². The zero-order valence-corrected chi connectivity index (χ0v) is 20.2. The number of rotatable bonds is 7. The van der Waals surface area contributed by atoms with Crippen molar-refractivity contribution in [3.63, 3.8) is 0 Å². The summed E-state index contributed by atoms with van der Waals surface area (Å²) in [6.45, 7) is 5.77. The van der Waals surface area contributed by atoms with Crippen molar-refractivity contribution in [1.29, 1.82) is 0 Å². The molecule has 3 rings (SSSR count). The summed E-state index contributed by atoms with van der Waals surface area (Å²) >= 11 is 4.71. The van der Waals surface area contributed by atoms with Gasteiger partial charge >= 0.3 is 0 Å². The average Bonchev–Trinajstić information content (AvgIpc) is 3.09. The molecule has 162 valence electrons. The minimum atomic E-state index is -0.333. The molecule has 0 saturated carbocycles. The Labute approximate surface area is 194 Å². The fourth-order valence-electron chi connectivity index (χ4n) is 2.96. The highest BCUT2D eigenvalue weighted by Gasteiger charge is 2.19. The van der Waals surface area contributed by atoms with Gasteiger partial charge in [-0.25, -0.2) is 0 Å². The number of benzene rings is 2. The van der Waals surface area contributed by atoms with E-state index in [4.69, 9.17) is 0 Å². The minimum absolute atomic E-state index is 0.124. The van der Waals surface area contributed by atoms with E-state index in [1.807, 2.05) is 58.2 Å². The Hall–Kier alpha value is -2.65. The van der Waals surface area contributed by atoms with E-state index in [1.165, 1.54) is 11.8 Å². The number of aryl methyl sites for hydroxylation is 2. The van der Waals surface area contributed by atoms with E-state index < -0.39 is 0 Å². The van der Waals surface area contributed by atoms with Crippen molar-refractivity contribution < 1.29 is 9.59 Å². The Bertz CT molecular complexity index is 1100. The second-order valence-electron chi connectivity index (χ2n) is 7.26. The highest BCUT2D eigenvalue weighted by molar-refractivity contribution is 9.10. The van der Waals surface area contributed by atoms with Crippen molar-refractivity contribution in [2.45, 2.75) is 32.0 Å². The van der Waals surface area contributed by atoms with E-state index >= 15 is 0 Å². The number of carbonyl (C=O) groups excluding carboxylic acids is 2. The first-order valence-corrected chi connectivity index (χ1v) is 11.5. The smallest absolute Gasteiger partial charge is 0.251 e. The van der Waals surface area contributed by atoms with Crippen LogP contribution in [0.1, 0.15) is 40.3 Å². The molecule has 7 nitrogen and oxygen atoms in total. The molecule has 3 aromatic rings. The largest absolute Gasteiger partial charge is 0.342 e. The molecule has 2 aromatic carbocycles. The Morgan fingerprint density at radius 3 is 2.52 bits per heavy atom. The molecule has 1 aromatic heterocycles. The maximum atomic E-state index is 12.5. The third-order valence-electron chi connectivity index (χ3n) is 4.71. The van der Waals surface area contributed by atoms with E-state index in [-0.39, 0.29) is 23.6 Å². The highest BCUT2D eigenvalue weighted by atomic mass is 79.9. The van der Waals surface area contributed by atoms with Crippen molar-refractivity contribution in [1.82, 2.24) is 20.1 Å². The van der Waals surface area contributed by atoms with Gasteiger partial charge in [-0.1, -0.05) is 45.4 Å². The number of hydrogen-bond acceptors (Lipinski definition) is 5. The predicted octanol–water partition coefficient (Wildman–Crippen LogP) is 4.42. The van der Waals surface area contributed by atoms with Gasteiger partial charge in [0.05, 0.1) is 11.8 Å². The second-order valence-corrected chi connectivity index (χ2v) is 9.12. The Kier molecular flexibility index (Phi) is 7.50. The lowest BCUT2D eigenvalue weighted by molar-refractivity contribution is -0.113. The number of halogens is 1. The maximum Gasteiger partial charge on any atom is 0.251 e. The summed E-state index contributed by atoms with van der Waals surface area (Å²) in [5.74, 6) is 0.521. The molecule has 1 heterocycles. The zero-order valence-electron chi connectivity index (χ0n) is 17.8.